The molecule has 6 atom stereocenters. The molecule has 2 spiro atoms. The van der Waals surface area contributed by atoms with E-state index in [0.717, 1.165) is 47.3 Å². The first kappa shape index (κ1) is 33.2. The SMILES string of the molecule is CS(=O)(=O)N1CCC2(CCC(C3c4ccccc4-c4cncn43)C2OS(=O)(=O)N2CCC3(CC2)CC(C2c4ccccc4-c4cncn42)C3O)CC1. The van der Waals surface area contributed by atoms with E-state index in [4.69, 9.17) is 4.18 Å². The van der Waals surface area contributed by atoms with Gasteiger partial charge >= 0.3 is 10.3 Å². The number of benzene rings is 2. The summed E-state index contributed by atoms with van der Waals surface area (Å²) in [6.45, 7) is 1.27. The van der Waals surface area contributed by atoms with E-state index in [1.165, 1.54) is 20.4 Å². The number of imidazole rings is 2. The molecule has 2 saturated heterocycles. The zero-order valence-corrected chi connectivity index (χ0v) is 30.8. The van der Waals surface area contributed by atoms with Crippen molar-refractivity contribution in [2.75, 3.05) is 32.4 Å². The first-order valence-corrected chi connectivity index (χ1v) is 21.7. The summed E-state index contributed by atoms with van der Waals surface area (Å²) >= 11 is 0. The molecule has 6 heterocycles. The summed E-state index contributed by atoms with van der Waals surface area (Å²) in [6, 6.07) is 16.5. The molecule has 274 valence electrons. The minimum atomic E-state index is -4.16. The van der Waals surface area contributed by atoms with Crippen molar-refractivity contribution in [3.05, 3.63) is 84.7 Å². The monoisotopic (exact) mass is 744 g/mol. The highest BCUT2D eigenvalue weighted by molar-refractivity contribution is 7.88. The van der Waals surface area contributed by atoms with Gasteiger partial charge in [0.2, 0.25) is 10.0 Å². The Kier molecular flexibility index (Phi) is 7.37. The Morgan fingerprint density at radius 2 is 1.23 bits per heavy atom. The number of aliphatic hydroxyl groups is 1. The first-order chi connectivity index (χ1) is 25.0. The molecule has 4 fully saturated rings. The zero-order valence-electron chi connectivity index (χ0n) is 29.2. The highest BCUT2D eigenvalue weighted by Gasteiger charge is 2.60. The third kappa shape index (κ3) is 4.77. The first-order valence-electron chi connectivity index (χ1n) is 18.5. The number of aliphatic hydroxyl groups excluding tert-OH is 1. The predicted molar refractivity (Wildman–Crippen MR) is 194 cm³/mol. The van der Waals surface area contributed by atoms with Crippen LogP contribution in [0.5, 0.6) is 0 Å². The number of rotatable bonds is 6. The molecular formula is C38H44N6O6S2. The number of nitrogens with zero attached hydrogens (tertiary/aromatic N) is 6. The van der Waals surface area contributed by atoms with E-state index in [1.807, 2.05) is 49.3 Å². The topological polar surface area (TPSA) is 140 Å². The van der Waals surface area contributed by atoms with Crippen molar-refractivity contribution >= 4 is 20.3 Å². The predicted octanol–water partition coefficient (Wildman–Crippen LogP) is 4.46. The minimum absolute atomic E-state index is 0.0146. The number of fused-ring (bicyclic) bond motifs is 6. The number of aromatic nitrogens is 4. The molecule has 0 radical (unpaired) electrons. The number of piperidine rings is 2. The Morgan fingerprint density at radius 3 is 1.79 bits per heavy atom. The van der Waals surface area contributed by atoms with Gasteiger partial charge in [-0.15, -0.1) is 0 Å². The number of hydrogen-bond acceptors (Lipinski definition) is 8. The fourth-order valence-corrected chi connectivity index (χ4v) is 13.4. The van der Waals surface area contributed by atoms with Crippen molar-refractivity contribution in [3.8, 4) is 22.5 Å². The van der Waals surface area contributed by atoms with E-state index in [-0.39, 0.29) is 42.4 Å². The van der Waals surface area contributed by atoms with Gasteiger partial charge in [0.15, 0.2) is 0 Å². The van der Waals surface area contributed by atoms with Gasteiger partial charge in [-0.05, 0) is 61.5 Å². The third-order valence-corrected chi connectivity index (χ3v) is 16.7. The molecule has 2 saturated carbocycles. The van der Waals surface area contributed by atoms with Crippen molar-refractivity contribution in [1.29, 1.82) is 0 Å². The van der Waals surface area contributed by atoms with Gasteiger partial charge < -0.3 is 14.2 Å². The van der Waals surface area contributed by atoms with Crippen LogP contribution in [0, 0.1) is 22.7 Å². The molecule has 52 heavy (non-hydrogen) atoms. The Hall–Kier alpha value is -3.40. The molecule has 4 aliphatic heterocycles. The van der Waals surface area contributed by atoms with Crippen LogP contribution in [0.2, 0.25) is 0 Å². The average molecular weight is 745 g/mol. The molecule has 10 rings (SSSR count). The number of hydrogen-bond donors (Lipinski definition) is 1. The van der Waals surface area contributed by atoms with Crippen LogP contribution >= 0.6 is 0 Å². The molecule has 14 heteroatoms. The van der Waals surface area contributed by atoms with Crippen LogP contribution in [-0.2, 0) is 24.5 Å². The second kappa shape index (κ2) is 11.6. The Bertz CT molecular complexity index is 2270. The van der Waals surface area contributed by atoms with Crippen LogP contribution in [0.3, 0.4) is 0 Å². The second-order valence-corrected chi connectivity index (χ2v) is 19.8. The smallest absolute Gasteiger partial charge is 0.338 e. The fourth-order valence-electron chi connectivity index (χ4n) is 11.2. The second-order valence-electron chi connectivity index (χ2n) is 16.2. The number of sulfonamides is 1. The lowest BCUT2D eigenvalue weighted by Gasteiger charge is -2.57. The van der Waals surface area contributed by atoms with Crippen LogP contribution in [0.25, 0.3) is 22.5 Å². The van der Waals surface area contributed by atoms with Crippen molar-refractivity contribution in [1.82, 2.24) is 27.7 Å². The van der Waals surface area contributed by atoms with Crippen LogP contribution in [-0.4, -0.2) is 94.3 Å². The highest BCUT2D eigenvalue weighted by atomic mass is 32.2. The van der Waals surface area contributed by atoms with Gasteiger partial charge in [-0.3, -0.25) is 4.18 Å². The Morgan fingerprint density at radius 1 is 0.712 bits per heavy atom. The van der Waals surface area contributed by atoms with Gasteiger partial charge in [0.1, 0.15) is 0 Å². The van der Waals surface area contributed by atoms with Crippen molar-refractivity contribution in [3.63, 3.8) is 0 Å². The maximum Gasteiger partial charge on any atom is 0.338 e. The van der Waals surface area contributed by atoms with E-state index < -0.39 is 38.0 Å². The normalized spacial score (nSPS) is 30.6. The summed E-state index contributed by atoms with van der Waals surface area (Å²) in [5.41, 5.74) is 5.88. The van der Waals surface area contributed by atoms with Crippen LogP contribution in [0.15, 0.2) is 73.6 Å². The fraction of sp³-hybridized carbons (Fsp3) is 0.526. The summed E-state index contributed by atoms with van der Waals surface area (Å²) in [7, 11) is -7.52. The quantitative estimate of drug-likeness (QED) is 0.306. The molecule has 2 aliphatic carbocycles. The van der Waals surface area contributed by atoms with Crippen LogP contribution < -0.4 is 0 Å². The van der Waals surface area contributed by atoms with Gasteiger partial charge in [0.25, 0.3) is 0 Å². The molecule has 0 amide bonds. The maximum atomic E-state index is 14.4. The Labute approximate surface area is 304 Å². The standard InChI is InChI=1S/C38H44N6O6S2/c1-51(46,47)41-16-12-37(13-17-41)11-10-29(33-27-8-4-2-6-25(27)31-21-39-23-43(31)33)36(37)50-52(48,49)42-18-14-38(15-19-42)20-30(35(38)45)34-28-9-5-3-7-26(28)32-22-40-24-44(32)34/h2-9,21-24,29-30,33-36,45H,10-20H2,1H3. The summed E-state index contributed by atoms with van der Waals surface area (Å²) in [5, 5.41) is 11.8. The van der Waals surface area contributed by atoms with Crippen LogP contribution in [0.4, 0.5) is 0 Å². The highest BCUT2D eigenvalue weighted by Crippen LogP contribution is 2.61. The molecule has 2 aromatic carbocycles. The minimum Gasteiger partial charge on any atom is -0.392 e. The summed E-state index contributed by atoms with van der Waals surface area (Å²) in [4.78, 5) is 8.86. The summed E-state index contributed by atoms with van der Waals surface area (Å²) < 4.78 is 67.7. The lowest BCUT2D eigenvalue weighted by Crippen LogP contribution is -2.60. The van der Waals surface area contributed by atoms with E-state index in [1.54, 1.807) is 0 Å². The molecule has 12 nitrogen and oxygen atoms in total. The third-order valence-electron chi connectivity index (χ3n) is 13.9. The molecule has 6 unspecified atom stereocenters. The van der Waals surface area contributed by atoms with Crippen molar-refractivity contribution in [2.45, 2.75) is 69.2 Å². The summed E-state index contributed by atoms with van der Waals surface area (Å²) in [5.74, 6) is -0.126. The van der Waals surface area contributed by atoms with Crippen molar-refractivity contribution < 1.29 is 26.1 Å². The lowest BCUT2D eigenvalue weighted by atomic mass is 9.53. The summed E-state index contributed by atoms with van der Waals surface area (Å²) in [6.07, 6.45) is 12.0. The van der Waals surface area contributed by atoms with Gasteiger partial charge in [-0.1, -0.05) is 48.5 Å². The van der Waals surface area contributed by atoms with E-state index >= 15 is 0 Å². The van der Waals surface area contributed by atoms with Gasteiger partial charge in [-0.25, -0.2) is 22.7 Å². The van der Waals surface area contributed by atoms with Gasteiger partial charge in [0.05, 0.1) is 67.0 Å². The zero-order chi connectivity index (χ0) is 35.6. The van der Waals surface area contributed by atoms with Crippen LogP contribution in [0.1, 0.15) is 68.2 Å². The molecular weight excluding hydrogens is 701 g/mol. The van der Waals surface area contributed by atoms with E-state index in [9.17, 15) is 21.9 Å². The van der Waals surface area contributed by atoms with Gasteiger partial charge in [0, 0.05) is 54.6 Å². The van der Waals surface area contributed by atoms with E-state index in [0.29, 0.717) is 38.8 Å². The largest absolute Gasteiger partial charge is 0.392 e. The maximum absolute atomic E-state index is 14.4. The molecule has 0 bridgehead atoms. The van der Waals surface area contributed by atoms with Gasteiger partial charge in [-0.2, -0.15) is 12.7 Å². The molecule has 4 aromatic rings. The van der Waals surface area contributed by atoms with E-state index in [2.05, 4.69) is 43.4 Å². The average Bonchev–Trinajstić information content (AvgIpc) is 3.96. The molecule has 2 aromatic heterocycles. The molecule has 1 N–H and O–H groups in total. The lowest BCUT2D eigenvalue weighted by molar-refractivity contribution is -0.153. The molecule has 6 aliphatic rings. The Balaban J connectivity index is 0.897. The van der Waals surface area contributed by atoms with Crippen molar-refractivity contribution in [2.24, 2.45) is 22.7 Å².